The Morgan fingerprint density at radius 1 is 1.15 bits per heavy atom. The fourth-order valence-corrected chi connectivity index (χ4v) is 6.37. The summed E-state index contributed by atoms with van der Waals surface area (Å²) in [6.45, 7) is 3.62. The third-order valence-corrected chi connectivity index (χ3v) is 8.27. The van der Waals surface area contributed by atoms with E-state index in [1.54, 1.807) is 6.92 Å². The van der Waals surface area contributed by atoms with Gasteiger partial charge in [-0.15, -0.1) is 0 Å². The van der Waals surface area contributed by atoms with Crippen LogP contribution in [0.25, 0.3) is 10.9 Å². The third-order valence-electron chi connectivity index (χ3n) is 6.23. The molecule has 1 atom stereocenters. The van der Waals surface area contributed by atoms with Gasteiger partial charge in [-0.05, 0) is 51.0 Å². The van der Waals surface area contributed by atoms with E-state index in [-0.39, 0.29) is 28.0 Å². The van der Waals surface area contributed by atoms with Crippen LogP contribution in [0.15, 0.2) is 47.4 Å². The van der Waals surface area contributed by atoms with Crippen LogP contribution in [0.2, 0.25) is 0 Å². The average Bonchev–Trinajstić information content (AvgIpc) is 3.17. The molecular formula is C25H28N2O6S. The van der Waals surface area contributed by atoms with Crippen molar-refractivity contribution in [2.24, 2.45) is 0 Å². The molecule has 1 aromatic heterocycles. The van der Waals surface area contributed by atoms with Gasteiger partial charge in [0.05, 0.1) is 12.7 Å². The number of nitrogens with one attached hydrogen (secondary N) is 1. The van der Waals surface area contributed by atoms with E-state index < -0.39 is 22.6 Å². The van der Waals surface area contributed by atoms with Gasteiger partial charge in [0.15, 0.2) is 6.61 Å². The lowest BCUT2D eigenvalue weighted by Crippen LogP contribution is -2.42. The van der Waals surface area contributed by atoms with Crippen LogP contribution in [0.3, 0.4) is 0 Å². The number of para-hydroxylation sites is 1. The van der Waals surface area contributed by atoms with Gasteiger partial charge in [-0.2, -0.15) is 4.31 Å². The van der Waals surface area contributed by atoms with Crippen LogP contribution in [0.1, 0.15) is 52.6 Å². The number of ketones is 1. The van der Waals surface area contributed by atoms with Crippen molar-refractivity contribution in [1.82, 2.24) is 9.29 Å². The largest absolute Gasteiger partial charge is 0.495 e. The zero-order valence-corrected chi connectivity index (χ0v) is 20.3. The fraction of sp³-hybridized carbons (Fsp3) is 0.360. The molecule has 1 saturated heterocycles. The number of sulfonamides is 1. The maximum atomic E-state index is 13.4. The molecule has 0 radical (unpaired) electrons. The average molecular weight is 485 g/mol. The summed E-state index contributed by atoms with van der Waals surface area (Å²) < 4.78 is 38.7. The predicted molar refractivity (Wildman–Crippen MR) is 128 cm³/mol. The topological polar surface area (TPSA) is 106 Å². The Labute approximate surface area is 198 Å². The second-order valence-electron chi connectivity index (χ2n) is 8.50. The van der Waals surface area contributed by atoms with Gasteiger partial charge in [-0.25, -0.2) is 13.2 Å². The Morgan fingerprint density at radius 3 is 2.65 bits per heavy atom. The molecule has 1 aliphatic heterocycles. The highest BCUT2D eigenvalue weighted by Gasteiger charge is 2.33. The van der Waals surface area contributed by atoms with Gasteiger partial charge in [0.2, 0.25) is 15.8 Å². The molecule has 0 amide bonds. The molecule has 2 heterocycles. The summed E-state index contributed by atoms with van der Waals surface area (Å²) in [5, 5.41) is 0.759. The lowest BCUT2D eigenvalue weighted by atomic mass is 10.1. The van der Waals surface area contributed by atoms with E-state index in [4.69, 9.17) is 9.47 Å². The van der Waals surface area contributed by atoms with E-state index in [9.17, 15) is 18.0 Å². The minimum atomic E-state index is -3.88. The van der Waals surface area contributed by atoms with Gasteiger partial charge in [0.25, 0.3) is 0 Å². The molecule has 180 valence electrons. The molecule has 8 nitrogen and oxygen atoms in total. The number of esters is 1. The lowest BCUT2D eigenvalue weighted by Gasteiger charge is -2.32. The molecule has 0 aliphatic carbocycles. The molecule has 1 N–H and O–H groups in total. The Balaban J connectivity index is 1.56. The number of hydrogen-bond donors (Lipinski definition) is 1. The highest BCUT2D eigenvalue weighted by atomic mass is 32.2. The van der Waals surface area contributed by atoms with Crippen molar-refractivity contribution >= 4 is 32.7 Å². The standard InChI is InChI=1S/C25H28N2O6S/c1-16-8-6-7-13-27(16)34(30,31)23-14-18(11-12-22(23)32-3)25(29)33-15-21(28)24-17(2)26-20-10-5-4-9-19(20)24/h4-5,9-12,14,16,26H,6-8,13,15H2,1-3H3/t16-/m0/s1. The zero-order chi connectivity index (χ0) is 24.5. The molecule has 1 aliphatic rings. The normalized spacial score (nSPS) is 17.0. The minimum Gasteiger partial charge on any atom is -0.495 e. The quantitative estimate of drug-likeness (QED) is 0.400. The number of nitrogens with zero attached hydrogens (tertiary/aromatic N) is 1. The van der Waals surface area contributed by atoms with Gasteiger partial charge in [-0.1, -0.05) is 24.6 Å². The van der Waals surface area contributed by atoms with Gasteiger partial charge in [0, 0.05) is 34.7 Å². The molecule has 9 heteroatoms. The van der Waals surface area contributed by atoms with Crippen LogP contribution in [0.4, 0.5) is 0 Å². The monoisotopic (exact) mass is 484 g/mol. The number of aromatic nitrogens is 1. The number of methoxy groups -OCH3 is 1. The molecule has 4 rings (SSSR count). The van der Waals surface area contributed by atoms with Crippen LogP contribution < -0.4 is 4.74 Å². The molecule has 0 unspecified atom stereocenters. The Hall–Kier alpha value is -3.17. The van der Waals surface area contributed by atoms with Crippen LogP contribution in [-0.4, -0.2) is 55.8 Å². The summed E-state index contributed by atoms with van der Waals surface area (Å²) in [5.41, 5.74) is 2.02. The summed E-state index contributed by atoms with van der Waals surface area (Å²) in [7, 11) is -2.49. The van der Waals surface area contributed by atoms with E-state index in [0.29, 0.717) is 17.8 Å². The maximum absolute atomic E-state index is 13.4. The number of fused-ring (bicyclic) bond motifs is 1. The number of hydrogen-bond acceptors (Lipinski definition) is 6. The summed E-state index contributed by atoms with van der Waals surface area (Å²) in [6.07, 6.45) is 2.53. The number of H-pyrrole nitrogens is 1. The Kier molecular flexibility index (Phi) is 6.77. The molecule has 0 bridgehead atoms. The number of benzene rings is 2. The number of Topliss-reactive ketones (excluding diaryl/α,β-unsaturated/α-hetero) is 1. The van der Waals surface area contributed by atoms with Crippen molar-refractivity contribution in [1.29, 1.82) is 0 Å². The number of piperidine rings is 1. The SMILES string of the molecule is COc1ccc(C(=O)OCC(=O)c2c(C)[nH]c3ccccc23)cc1S(=O)(=O)N1CCCC[C@@H]1C. The first-order valence-corrected chi connectivity index (χ1v) is 12.7. The molecule has 0 saturated carbocycles. The highest BCUT2D eigenvalue weighted by molar-refractivity contribution is 7.89. The van der Waals surface area contributed by atoms with Crippen molar-refractivity contribution < 1.29 is 27.5 Å². The van der Waals surface area contributed by atoms with Crippen LogP contribution in [-0.2, 0) is 14.8 Å². The van der Waals surface area contributed by atoms with Crippen molar-refractivity contribution in [3.63, 3.8) is 0 Å². The number of rotatable bonds is 7. The smallest absolute Gasteiger partial charge is 0.338 e. The van der Waals surface area contributed by atoms with Gasteiger partial charge >= 0.3 is 5.97 Å². The molecule has 2 aromatic carbocycles. The van der Waals surface area contributed by atoms with Crippen molar-refractivity contribution in [2.45, 2.75) is 44.0 Å². The first-order chi connectivity index (χ1) is 16.2. The van der Waals surface area contributed by atoms with E-state index in [0.717, 1.165) is 30.2 Å². The number of aryl methyl sites for hydroxylation is 1. The number of aromatic amines is 1. The van der Waals surface area contributed by atoms with E-state index in [2.05, 4.69) is 4.98 Å². The van der Waals surface area contributed by atoms with Gasteiger partial charge in [-0.3, -0.25) is 4.79 Å². The minimum absolute atomic E-state index is 0.0347. The number of carbonyl (C=O) groups is 2. The Morgan fingerprint density at radius 2 is 1.91 bits per heavy atom. The molecule has 34 heavy (non-hydrogen) atoms. The summed E-state index contributed by atoms with van der Waals surface area (Å²) in [4.78, 5) is 28.6. The van der Waals surface area contributed by atoms with Gasteiger partial charge in [0.1, 0.15) is 10.6 Å². The molecule has 1 fully saturated rings. The van der Waals surface area contributed by atoms with E-state index >= 15 is 0 Å². The van der Waals surface area contributed by atoms with Crippen molar-refractivity contribution in [2.75, 3.05) is 20.3 Å². The third kappa shape index (κ3) is 4.45. The molecular weight excluding hydrogens is 456 g/mol. The number of ether oxygens (including phenoxy) is 2. The molecule has 3 aromatic rings. The highest BCUT2D eigenvalue weighted by Crippen LogP contribution is 2.32. The zero-order valence-electron chi connectivity index (χ0n) is 19.5. The predicted octanol–water partition coefficient (Wildman–Crippen LogP) is 4.09. The summed E-state index contributed by atoms with van der Waals surface area (Å²) in [5.74, 6) is -0.969. The van der Waals surface area contributed by atoms with Crippen LogP contribution in [0, 0.1) is 6.92 Å². The fourth-order valence-electron chi connectivity index (χ4n) is 4.48. The second-order valence-corrected chi connectivity index (χ2v) is 10.4. The Bertz CT molecular complexity index is 1340. The van der Waals surface area contributed by atoms with Gasteiger partial charge < -0.3 is 14.5 Å². The lowest BCUT2D eigenvalue weighted by molar-refractivity contribution is 0.0474. The maximum Gasteiger partial charge on any atom is 0.338 e. The van der Waals surface area contributed by atoms with Crippen molar-refractivity contribution in [3.8, 4) is 5.75 Å². The number of carbonyl (C=O) groups excluding carboxylic acids is 2. The second kappa shape index (κ2) is 9.60. The summed E-state index contributed by atoms with van der Waals surface area (Å²) in [6, 6.07) is 11.4. The van der Waals surface area contributed by atoms with E-state index in [1.807, 2.05) is 31.2 Å². The van der Waals surface area contributed by atoms with Crippen LogP contribution in [0.5, 0.6) is 5.75 Å². The first kappa shape index (κ1) is 24.0. The summed E-state index contributed by atoms with van der Waals surface area (Å²) >= 11 is 0. The van der Waals surface area contributed by atoms with Crippen LogP contribution >= 0.6 is 0 Å². The van der Waals surface area contributed by atoms with Crippen molar-refractivity contribution in [3.05, 3.63) is 59.3 Å². The van der Waals surface area contributed by atoms with E-state index in [1.165, 1.54) is 29.6 Å². The molecule has 0 spiro atoms. The first-order valence-electron chi connectivity index (χ1n) is 11.2.